The second-order valence-corrected chi connectivity index (χ2v) is 8.94. The van der Waals surface area contributed by atoms with Gasteiger partial charge in [-0.15, -0.1) is 6.58 Å². The van der Waals surface area contributed by atoms with Gasteiger partial charge in [-0.1, -0.05) is 60.1 Å². The fourth-order valence-corrected chi connectivity index (χ4v) is 4.36. The highest BCUT2D eigenvalue weighted by atomic mass is 35.5. The molecule has 1 aliphatic rings. The normalized spacial score (nSPS) is 18.7. The summed E-state index contributed by atoms with van der Waals surface area (Å²) in [5.41, 5.74) is 1.24. The van der Waals surface area contributed by atoms with Crippen LogP contribution in [0.4, 0.5) is 0 Å². The number of amides is 1. The van der Waals surface area contributed by atoms with Crippen molar-refractivity contribution in [2.75, 3.05) is 13.2 Å². The summed E-state index contributed by atoms with van der Waals surface area (Å²) in [6.45, 7) is 4.71. The number of ether oxygens (including phenoxy) is 2. The molecule has 7 heteroatoms. The second-order valence-electron chi connectivity index (χ2n) is 8.51. The van der Waals surface area contributed by atoms with Crippen LogP contribution in [0.15, 0.2) is 96.5 Å². The molecular formula is C29H29ClN2O4. The van der Waals surface area contributed by atoms with Crippen LogP contribution < -0.4 is 10.1 Å². The standard InChI is InChI=1S/C29H29ClN2O4/c1-2-16-29(28(34)31-20-21-8-6-11-24(30)19-21)26(22-9-4-3-5-10-22)36-27(32-29)23-12-14-25(15-13-23)35-18-7-17-33/h2-6,8-15,19,26,33H,1,7,16-18,20H2,(H,31,34)/t26-,29-/m1/s1. The topological polar surface area (TPSA) is 80.2 Å². The summed E-state index contributed by atoms with van der Waals surface area (Å²) in [6.07, 6.45) is 1.92. The molecule has 2 atom stereocenters. The van der Waals surface area contributed by atoms with Gasteiger partial charge >= 0.3 is 0 Å². The Morgan fingerprint density at radius 2 is 1.92 bits per heavy atom. The molecular weight excluding hydrogens is 476 g/mol. The van der Waals surface area contributed by atoms with Crippen LogP contribution in [0.2, 0.25) is 5.02 Å². The first-order valence-electron chi connectivity index (χ1n) is 11.8. The lowest BCUT2D eigenvalue weighted by Gasteiger charge is -2.29. The molecule has 0 unspecified atom stereocenters. The summed E-state index contributed by atoms with van der Waals surface area (Å²) < 4.78 is 12.0. The van der Waals surface area contributed by atoms with Gasteiger partial charge in [0.15, 0.2) is 11.6 Å². The van der Waals surface area contributed by atoms with Gasteiger partial charge in [0.05, 0.1) is 6.61 Å². The summed E-state index contributed by atoms with van der Waals surface area (Å²) in [5, 5.41) is 12.6. The zero-order valence-corrected chi connectivity index (χ0v) is 20.7. The van der Waals surface area contributed by atoms with E-state index in [1.54, 1.807) is 12.1 Å². The van der Waals surface area contributed by atoms with E-state index in [0.29, 0.717) is 42.7 Å². The number of halogens is 1. The summed E-state index contributed by atoms with van der Waals surface area (Å²) in [4.78, 5) is 18.6. The third kappa shape index (κ3) is 5.78. The van der Waals surface area contributed by atoms with Crippen LogP contribution >= 0.6 is 11.6 Å². The largest absolute Gasteiger partial charge is 0.494 e. The minimum Gasteiger partial charge on any atom is -0.494 e. The van der Waals surface area contributed by atoms with Crippen LogP contribution in [0.5, 0.6) is 5.75 Å². The number of aliphatic hydroxyl groups excluding tert-OH is 1. The fourth-order valence-electron chi connectivity index (χ4n) is 4.15. The first kappa shape index (κ1) is 25.5. The maximum absolute atomic E-state index is 13.8. The van der Waals surface area contributed by atoms with Crippen LogP contribution in [0, 0.1) is 0 Å². The maximum Gasteiger partial charge on any atom is 0.252 e. The lowest BCUT2D eigenvalue weighted by atomic mass is 9.84. The van der Waals surface area contributed by atoms with Crippen molar-refractivity contribution in [3.8, 4) is 5.75 Å². The fraction of sp³-hybridized carbons (Fsp3) is 0.241. The predicted molar refractivity (Wildman–Crippen MR) is 141 cm³/mol. The molecule has 2 N–H and O–H groups in total. The molecule has 0 fully saturated rings. The zero-order valence-electron chi connectivity index (χ0n) is 19.9. The molecule has 0 spiro atoms. The van der Waals surface area contributed by atoms with E-state index in [1.807, 2.05) is 72.8 Å². The number of benzene rings is 3. The maximum atomic E-state index is 13.8. The van der Waals surface area contributed by atoms with Gasteiger partial charge in [-0.25, -0.2) is 4.99 Å². The Morgan fingerprint density at radius 3 is 2.61 bits per heavy atom. The van der Waals surface area contributed by atoms with E-state index in [9.17, 15) is 4.79 Å². The molecule has 186 valence electrons. The van der Waals surface area contributed by atoms with Crippen molar-refractivity contribution in [1.82, 2.24) is 5.32 Å². The molecule has 0 aromatic heterocycles. The highest BCUT2D eigenvalue weighted by Gasteiger charge is 2.52. The lowest BCUT2D eigenvalue weighted by Crippen LogP contribution is -2.47. The number of hydrogen-bond acceptors (Lipinski definition) is 5. The van der Waals surface area contributed by atoms with Crippen molar-refractivity contribution in [3.05, 3.63) is 113 Å². The van der Waals surface area contributed by atoms with E-state index in [2.05, 4.69) is 11.9 Å². The summed E-state index contributed by atoms with van der Waals surface area (Å²) in [5.74, 6) is 0.808. The van der Waals surface area contributed by atoms with Crippen molar-refractivity contribution in [3.63, 3.8) is 0 Å². The first-order chi connectivity index (χ1) is 17.6. The molecule has 1 heterocycles. The third-order valence-corrected chi connectivity index (χ3v) is 6.16. The van der Waals surface area contributed by atoms with Gasteiger partial charge in [-0.05, 0) is 47.5 Å². The number of hydrogen-bond donors (Lipinski definition) is 2. The molecule has 0 radical (unpaired) electrons. The van der Waals surface area contributed by atoms with Gasteiger partial charge in [-0.3, -0.25) is 4.79 Å². The Kier molecular flexibility index (Phi) is 8.41. The molecule has 4 rings (SSSR count). The monoisotopic (exact) mass is 504 g/mol. The van der Waals surface area contributed by atoms with Gasteiger partial charge in [0.1, 0.15) is 5.75 Å². The highest BCUT2D eigenvalue weighted by Crippen LogP contribution is 2.42. The smallest absolute Gasteiger partial charge is 0.252 e. The Labute approximate surface area is 216 Å². The van der Waals surface area contributed by atoms with E-state index >= 15 is 0 Å². The van der Waals surface area contributed by atoms with Crippen molar-refractivity contribution in [1.29, 1.82) is 0 Å². The van der Waals surface area contributed by atoms with E-state index in [0.717, 1.165) is 16.7 Å². The number of nitrogens with zero attached hydrogens (tertiary/aromatic N) is 1. The van der Waals surface area contributed by atoms with Crippen LogP contribution in [0.3, 0.4) is 0 Å². The zero-order chi connectivity index (χ0) is 25.4. The number of carbonyl (C=O) groups is 1. The Balaban J connectivity index is 1.64. The number of carbonyl (C=O) groups excluding carboxylic acids is 1. The summed E-state index contributed by atoms with van der Waals surface area (Å²) in [6, 6.07) is 24.3. The van der Waals surface area contributed by atoms with Crippen LogP contribution in [-0.4, -0.2) is 35.7 Å². The molecule has 0 saturated carbocycles. The summed E-state index contributed by atoms with van der Waals surface area (Å²) in [7, 11) is 0. The molecule has 3 aromatic carbocycles. The molecule has 0 aliphatic carbocycles. The van der Waals surface area contributed by atoms with E-state index in [-0.39, 0.29) is 12.5 Å². The second kappa shape index (κ2) is 11.9. The Morgan fingerprint density at radius 1 is 1.14 bits per heavy atom. The van der Waals surface area contributed by atoms with Gasteiger partial charge in [0.2, 0.25) is 5.90 Å². The number of aliphatic imine (C=N–C) groups is 1. The average Bonchev–Trinajstić information content (AvgIpc) is 3.29. The predicted octanol–water partition coefficient (Wildman–Crippen LogP) is 5.25. The first-order valence-corrected chi connectivity index (χ1v) is 12.2. The average molecular weight is 505 g/mol. The molecule has 6 nitrogen and oxygen atoms in total. The quantitative estimate of drug-likeness (QED) is 0.276. The van der Waals surface area contributed by atoms with Crippen molar-refractivity contribution >= 4 is 23.4 Å². The summed E-state index contributed by atoms with van der Waals surface area (Å²) >= 11 is 6.11. The minimum atomic E-state index is -1.23. The molecule has 1 amide bonds. The number of aliphatic hydroxyl groups is 1. The van der Waals surface area contributed by atoms with Gasteiger partial charge in [-0.2, -0.15) is 0 Å². The molecule has 0 saturated heterocycles. The van der Waals surface area contributed by atoms with Crippen molar-refractivity contribution in [2.45, 2.75) is 31.0 Å². The lowest BCUT2D eigenvalue weighted by molar-refractivity contribution is -0.129. The third-order valence-electron chi connectivity index (χ3n) is 5.93. The van der Waals surface area contributed by atoms with Crippen molar-refractivity contribution < 1.29 is 19.4 Å². The highest BCUT2D eigenvalue weighted by molar-refractivity contribution is 6.30. The van der Waals surface area contributed by atoms with Gasteiger partial charge in [0.25, 0.3) is 5.91 Å². The Bertz CT molecular complexity index is 1210. The molecule has 36 heavy (non-hydrogen) atoms. The van der Waals surface area contributed by atoms with Crippen LogP contribution in [0.1, 0.15) is 35.6 Å². The number of nitrogens with one attached hydrogen (secondary N) is 1. The Hall–Kier alpha value is -3.61. The van der Waals surface area contributed by atoms with Crippen LogP contribution in [0.25, 0.3) is 0 Å². The van der Waals surface area contributed by atoms with Gasteiger partial charge in [0, 0.05) is 36.6 Å². The molecule has 1 aliphatic heterocycles. The van der Waals surface area contributed by atoms with Gasteiger partial charge < -0.3 is 19.9 Å². The molecule has 3 aromatic rings. The van der Waals surface area contributed by atoms with Crippen LogP contribution in [-0.2, 0) is 16.1 Å². The molecule has 0 bridgehead atoms. The minimum absolute atomic E-state index is 0.0777. The van der Waals surface area contributed by atoms with Crippen molar-refractivity contribution in [2.24, 2.45) is 4.99 Å². The van der Waals surface area contributed by atoms with E-state index < -0.39 is 11.6 Å². The SMILES string of the molecule is C=CC[C@@]1(C(=O)NCc2cccc(Cl)c2)N=C(c2ccc(OCCCO)cc2)O[C@@H]1c1ccccc1. The van der Waals surface area contributed by atoms with E-state index in [1.165, 1.54) is 0 Å². The number of rotatable bonds is 11. The van der Waals surface area contributed by atoms with E-state index in [4.69, 9.17) is 31.2 Å².